The molecular formula is C57H62O7. The number of ether oxygens (including phenoxy) is 7. The van der Waals surface area contributed by atoms with Crippen LogP contribution in [-0.4, -0.2) is 50.0 Å². The molecule has 2 fully saturated rings. The Balaban J connectivity index is 0.990. The predicted octanol–water partition coefficient (Wildman–Crippen LogP) is 12.6. The van der Waals surface area contributed by atoms with E-state index in [2.05, 4.69) is 167 Å². The zero-order valence-electron chi connectivity index (χ0n) is 37.8. The fraction of sp³-hybridized carbons (Fsp3) is 0.368. The fourth-order valence-corrected chi connectivity index (χ4v) is 9.95. The maximum Gasteiger partial charge on any atom is 0.163 e. The molecule has 10 atom stereocenters. The standard InChI is InChI=1S/C57H62O7/c1-6-51-55(61-35-42-20-25-45-14-8-11-17-48(45)31-42)54(60-34-41-19-24-44-13-7-10-16-47(44)30-41)39(4)57(63-51)64-53-38(3)29-37(2)52(59-33-40-22-27-50(58-5)28-23-40)56(53)62-36-43-21-26-46-15-9-12-18-49(46)32-43/h7-28,30-32,37-39,51-57H,6,29,33-36H2,1-5H3. The highest BCUT2D eigenvalue weighted by molar-refractivity contribution is 5.84. The highest BCUT2D eigenvalue weighted by Crippen LogP contribution is 2.41. The molecule has 0 N–H and O–H groups in total. The van der Waals surface area contributed by atoms with E-state index in [1.807, 2.05) is 12.1 Å². The summed E-state index contributed by atoms with van der Waals surface area (Å²) < 4.78 is 47.7. The summed E-state index contributed by atoms with van der Waals surface area (Å²) in [4.78, 5) is 0. The first kappa shape index (κ1) is 44.1. The van der Waals surface area contributed by atoms with Crippen LogP contribution in [0.1, 0.15) is 62.8 Å². The molecule has 7 aromatic carbocycles. The Kier molecular flexibility index (Phi) is 14.0. The first-order chi connectivity index (χ1) is 31.3. The van der Waals surface area contributed by atoms with E-state index in [0.29, 0.717) is 26.4 Å². The summed E-state index contributed by atoms with van der Waals surface area (Å²) in [5.41, 5.74) is 4.42. The Hall–Kier alpha value is -5.12. The summed E-state index contributed by atoms with van der Waals surface area (Å²) in [7, 11) is 1.69. The highest BCUT2D eigenvalue weighted by atomic mass is 16.7. The molecule has 9 rings (SSSR count). The highest BCUT2D eigenvalue weighted by Gasteiger charge is 2.50. The van der Waals surface area contributed by atoms with Crippen LogP contribution in [-0.2, 0) is 54.8 Å². The van der Waals surface area contributed by atoms with E-state index in [4.69, 9.17) is 33.2 Å². The van der Waals surface area contributed by atoms with E-state index in [1.54, 1.807) is 7.11 Å². The Morgan fingerprint density at radius 3 is 1.38 bits per heavy atom. The van der Waals surface area contributed by atoms with Gasteiger partial charge in [0.2, 0.25) is 0 Å². The van der Waals surface area contributed by atoms with Gasteiger partial charge in [-0.3, -0.25) is 0 Å². The molecule has 10 unspecified atom stereocenters. The number of hydrogen-bond acceptors (Lipinski definition) is 7. The number of hydrogen-bond donors (Lipinski definition) is 0. The molecule has 2 aliphatic rings. The van der Waals surface area contributed by atoms with Crippen molar-refractivity contribution in [3.8, 4) is 5.75 Å². The summed E-state index contributed by atoms with van der Waals surface area (Å²) in [6.45, 7) is 10.7. The van der Waals surface area contributed by atoms with Crippen molar-refractivity contribution >= 4 is 32.3 Å². The summed E-state index contributed by atoms with van der Waals surface area (Å²) >= 11 is 0. The third-order valence-electron chi connectivity index (χ3n) is 13.5. The average molecular weight is 859 g/mol. The molecule has 7 nitrogen and oxygen atoms in total. The van der Waals surface area contributed by atoms with Gasteiger partial charge in [-0.1, -0.05) is 149 Å². The molecule has 7 aromatic rings. The molecule has 7 heteroatoms. The van der Waals surface area contributed by atoms with Crippen LogP contribution in [0, 0.1) is 17.8 Å². The summed E-state index contributed by atoms with van der Waals surface area (Å²) in [5, 5.41) is 7.21. The summed E-state index contributed by atoms with van der Waals surface area (Å²) in [6, 6.07) is 53.1. The maximum absolute atomic E-state index is 7.34. The Bertz CT molecular complexity index is 2610. The zero-order chi connectivity index (χ0) is 44.0. The second-order valence-electron chi connectivity index (χ2n) is 18.1. The molecule has 1 saturated heterocycles. The van der Waals surface area contributed by atoms with Gasteiger partial charge in [0.1, 0.15) is 18.0 Å². The minimum Gasteiger partial charge on any atom is -0.497 e. The predicted molar refractivity (Wildman–Crippen MR) is 255 cm³/mol. The molecule has 1 aliphatic heterocycles. The summed E-state index contributed by atoms with van der Waals surface area (Å²) in [6.07, 6.45) is -0.700. The lowest BCUT2D eigenvalue weighted by atomic mass is 9.77. The van der Waals surface area contributed by atoms with E-state index in [-0.39, 0.29) is 54.4 Å². The van der Waals surface area contributed by atoms with Gasteiger partial charge in [-0.2, -0.15) is 0 Å². The second kappa shape index (κ2) is 20.4. The molecule has 332 valence electrons. The maximum atomic E-state index is 7.34. The number of rotatable bonds is 16. The van der Waals surface area contributed by atoms with Crippen molar-refractivity contribution in [1.29, 1.82) is 0 Å². The number of benzene rings is 7. The van der Waals surface area contributed by atoms with Gasteiger partial charge >= 0.3 is 0 Å². The van der Waals surface area contributed by atoms with Crippen molar-refractivity contribution in [3.63, 3.8) is 0 Å². The molecule has 64 heavy (non-hydrogen) atoms. The largest absolute Gasteiger partial charge is 0.497 e. The quantitative estimate of drug-likeness (QED) is 0.0959. The van der Waals surface area contributed by atoms with Crippen LogP contribution in [0.2, 0.25) is 0 Å². The Labute approximate surface area is 378 Å². The van der Waals surface area contributed by atoms with Gasteiger partial charge in [0.25, 0.3) is 0 Å². The van der Waals surface area contributed by atoms with E-state index >= 15 is 0 Å². The first-order valence-corrected chi connectivity index (χ1v) is 23.2. The van der Waals surface area contributed by atoms with Gasteiger partial charge in [-0.25, -0.2) is 0 Å². The fourth-order valence-electron chi connectivity index (χ4n) is 9.95. The van der Waals surface area contributed by atoms with Crippen molar-refractivity contribution in [3.05, 3.63) is 174 Å². The minimum atomic E-state index is -0.568. The normalized spacial score (nSPS) is 26.1. The molecule has 0 bridgehead atoms. The van der Waals surface area contributed by atoms with E-state index < -0.39 is 6.29 Å². The van der Waals surface area contributed by atoms with Gasteiger partial charge in [-0.15, -0.1) is 0 Å². The van der Waals surface area contributed by atoms with Crippen molar-refractivity contribution in [2.24, 2.45) is 17.8 Å². The van der Waals surface area contributed by atoms with E-state index in [0.717, 1.165) is 40.8 Å². The Morgan fingerprint density at radius 1 is 0.453 bits per heavy atom. The molecule has 0 spiro atoms. The van der Waals surface area contributed by atoms with Crippen LogP contribution >= 0.6 is 0 Å². The van der Waals surface area contributed by atoms with Gasteiger partial charge in [-0.05, 0) is 110 Å². The average Bonchev–Trinajstić information content (AvgIpc) is 3.33. The van der Waals surface area contributed by atoms with Crippen LogP contribution in [0.25, 0.3) is 32.3 Å². The van der Waals surface area contributed by atoms with Gasteiger partial charge in [0, 0.05) is 5.92 Å². The monoisotopic (exact) mass is 858 g/mol. The minimum absolute atomic E-state index is 0.170. The lowest BCUT2D eigenvalue weighted by molar-refractivity contribution is -0.326. The molecule has 0 amide bonds. The molecule has 0 aromatic heterocycles. The second-order valence-corrected chi connectivity index (χ2v) is 18.1. The van der Waals surface area contributed by atoms with Crippen LogP contribution in [0.3, 0.4) is 0 Å². The van der Waals surface area contributed by atoms with Crippen molar-refractivity contribution in [2.75, 3.05) is 7.11 Å². The Morgan fingerprint density at radius 2 is 0.875 bits per heavy atom. The number of methoxy groups -OCH3 is 1. The van der Waals surface area contributed by atoms with Crippen molar-refractivity contribution in [2.45, 2.75) is 110 Å². The van der Waals surface area contributed by atoms with E-state index in [9.17, 15) is 0 Å². The van der Waals surface area contributed by atoms with Crippen molar-refractivity contribution < 1.29 is 33.2 Å². The van der Waals surface area contributed by atoms with Crippen LogP contribution in [0.4, 0.5) is 0 Å². The molecule has 1 aliphatic carbocycles. The van der Waals surface area contributed by atoms with Crippen molar-refractivity contribution in [1.82, 2.24) is 0 Å². The lowest BCUT2D eigenvalue weighted by Crippen LogP contribution is -2.59. The van der Waals surface area contributed by atoms with Gasteiger partial charge in [0.05, 0.1) is 58.0 Å². The molecule has 0 radical (unpaired) electrons. The molecular weight excluding hydrogens is 797 g/mol. The summed E-state index contributed by atoms with van der Waals surface area (Å²) in [5.74, 6) is 1.05. The molecule has 1 saturated carbocycles. The van der Waals surface area contributed by atoms with Gasteiger partial charge < -0.3 is 33.2 Å². The number of fused-ring (bicyclic) bond motifs is 3. The lowest BCUT2D eigenvalue weighted by Gasteiger charge is -2.49. The van der Waals surface area contributed by atoms with Crippen LogP contribution in [0.5, 0.6) is 5.75 Å². The topological polar surface area (TPSA) is 64.6 Å². The van der Waals surface area contributed by atoms with E-state index in [1.165, 1.54) is 32.3 Å². The molecule has 1 heterocycles. The van der Waals surface area contributed by atoms with Crippen LogP contribution in [0.15, 0.2) is 152 Å². The van der Waals surface area contributed by atoms with Gasteiger partial charge in [0.15, 0.2) is 6.29 Å². The third kappa shape index (κ3) is 10.1. The van der Waals surface area contributed by atoms with Crippen LogP contribution < -0.4 is 4.74 Å². The SMILES string of the molecule is CCC1OC(OC2C(C)CC(C)C(OCc3ccc(OC)cc3)C2OCc2ccc3ccccc3c2)C(C)C(OCc2ccc3ccccc3c2)C1OCc1ccc2ccccc2c1. The first-order valence-electron chi connectivity index (χ1n) is 23.2. The smallest absolute Gasteiger partial charge is 0.163 e. The third-order valence-corrected chi connectivity index (χ3v) is 13.5. The zero-order valence-corrected chi connectivity index (χ0v) is 37.8.